The summed E-state index contributed by atoms with van der Waals surface area (Å²) < 4.78 is 11.1. The number of hydrogen-bond acceptors (Lipinski definition) is 6. The van der Waals surface area contributed by atoms with E-state index >= 15 is 0 Å². The van der Waals surface area contributed by atoms with Gasteiger partial charge in [-0.15, -0.1) is 0 Å². The number of nitrogens with one attached hydrogen (secondary N) is 1. The first-order valence-electron chi connectivity index (χ1n) is 7.84. The summed E-state index contributed by atoms with van der Waals surface area (Å²) in [5.74, 6) is 1.01. The summed E-state index contributed by atoms with van der Waals surface area (Å²) in [6.45, 7) is 7.00. The monoisotopic (exact) mass is 303 g/mol. The van der Waals surface area contributed by atoms with E-state index < -0.39 is 0 Å². The van der Waals surface area contributed by atoms with E-state index in [2.05, 4.69) is 25.0 Å². The molecular formula is C15H21N5O2. The van der Waals surface area contributed by atoms with E-state index in [1.54, 1.807) is 0 Å². The van der Waals surface area contributed by atoms with Crippen molar-refractivity contribution < 1.29 is 9.47 Å². The summed E-state index contributed by atoms with van der Waals surface area (Å²) in [5, 5.41) is 8.73. The van der Waals surface area contributed by atoms with Crippen LogP contribution in [0, 0.1) is 0 Å². The number of anilines is 1. The minimum Gasteiger partial charge on any atom is -0.379 e. The van der Waals surface area contributed by atoms with Crippen molar-refractivity contribution in [2.24, 2.45) is 0 Å². The predicted octanol–water partition coefficient (Wildman–Crippen LogP) is 0.495. The molecule has 2 saturated heterocycles. The van der Waals surface area contributed by atoms with E-state index in [4.69, 9.17) is 9.47 Å². The smallest absolute Gasteiger partial charge is 0.158 e. The third kappa shape index (κ3) is 2.67. The van der Waals surface area contributed by atoms with E-state index in [1.165, 1.54) is 0 Å². The van der Waals surface area contributed by atoms with Gasteiger partial charge in [0.25, 0.3) is 0 Å². The summed E-state index contributed by atoms with van der Waals surface area (Å²) >= 11 is 0. The summed E-state index contributed by atoms with van der Waals surface area (Å²) in [6, 6.07) is 2.35. The number of fused-ring (bicyclic) bond motifs is 1. The van der Waals surface area contributed by atoms with Crippen molar-refractivity contribution in [3.63, 3.8) is 0 Å². The predicted molar refractivity (Wildman–Crippen MR) is 83.1 cm³/mol. The molecule has 118 valence electrons. The van der Waals surface area contributed by atoms with Gasteiger partial charge in [0.2, 0.25) is 0 Å². The number of aromatic amines is 1. The molecule has 1 unspecified atom stereocenters. The Balaban J connectivity index is 1.57. The Morgan fingerprint density at radius 2 is 2.05 bits per heavy atom. The largest absolute Gasteiger partial charge is 0.379 e. The van der Waals surface area contributed by atoms with Crippen LogP contribution in [0.2, 0.25) is 0 Å². The molecule has 7 nitrogen and oxygen atoms in total. The number of morpholine rings is 2. The number of aromatic nitrogens is 3. The third-order valence-corrected chi connectivity index (χ3v) is 4.42. The zero-order valence-electron chi connectivity index (χ0n) is 12.6. The second-order valence-corrected chi connectivity index (χ2v) is 5.80. The maximum atomic E-state index is 5.71. The summed E-state index contributed by atoms with van der Waals surface area (Å²) in [6.07, 6.45) is 3.64. The number of pyridine rings is 1. The first kappa shape index (κ1) is 13.9. The van der Waals surface area contributed by atoms with Crippen LogP contribution in [0.25, 0.3) is 10.9 Å². The van der Waals surface area contributed by atoms with Crippen LogP contribution in [0.4, 0.5) is 5.82 Å². The van der Waals surface area contributed by atoms with Crippen LogP contribution < -0.4 is 4.90 Å². The van der Waals surface area contributed by atoms with Gasteiger partial charge in [0.15, 0.2) is 5.82 Å². The molecular weight excluding hydrogens is 282 g/mol. The average molecular weight is 303 g/mol. The fraction of sp³-hybridized carbons (Fsp3) is 0.600. The number of rotatable bonds is 3. The molecule has 0 saturated carbocycles. The highest BCUT2D eigenvalue weighted by molar-refractivity contribution is 5.89. The Morgan fingerprint density at radius 1 is 1.18 bits per heavy atom. The van der Waals surface area contributed by atoms with Crippen molar-refractivity contribution in [1.29, 1.82) is 0 Å². The Morgan fingerprint density at radius 3 is 2.95 bits per heavy atom. The van der Waals surface area contributed by atoms with Crippen LogP contribution in [0.3, 0.4) is 0 Å². The molecule has 4 rings (SSSR count). The van der Waals surface area contributed by atoms with Crippen molar-refractivity contribution >= 4 is 16.7 Å². The van der Waals surface area contributed by atoms with Gasteiger partial charge in [0, 0.05) is 37.8 Å². The van der Waals surface area contributed by atoms with Gasteiger partial charge in [-0.3, -0.25) is 15.0 Å². The Kier molecular flexibility index (Phi) is 3.92. The quantitative estimate of drug-likeness (QED) is 0.890. The van der Waals surface area contributed by atoms with Crippen LogP contribution in [-0.4, -0.2) is 78.7 Å². The molecule has 4 heterocycles. The fourth-order valence-corrected chi connectivity index (χ4v) is 3.24. The minimum absolute atomic E-state index is 0.325. The van der Waals surface area contributed by atoms with Gasteiger partial charge in [-0.2, -0.15) is 5.10 Å². The molecule has 0 aliphatic carbocycles. The molecule has 0 radical (unpaired) electrons. The number of nitrogens with zero attached hydrogens (tertiary/aromatic N) is 4. The maximum absolute atomic E-state index is 5.71. The zero-order chi connectivity index (χ0) is 14.8. The normalized spacial score (nSPS) is 24.0. The first-order valence-corrected chi connectivity index (χ1v) is 7.84. The Labute approximate surface area is 129 Å². The number of ether oxygens (including phenoxy) is 2. The highest BCUT2D eigenvalue weighted by Crippen LogP contribution is 2.26. The molecule has 2 aliphatic heterocycles. The van der Waals surface area contributed by atoms with Crippen LogP contribution in [0.15, 0.2) is 18.5 Å². The molecule has 0 amide bonds. The van der Waals surface area contributed by atoms with Crippen LogP contribution in [-0.2, 0) is 9.47 Å². The van der Waals surface area contributed by atoms with Crippen molar-refractivity contribution in [2.75, 3.05) is 57.5 Å². The number of H-pyrrole nitrogens is 1. The SMILES string of the molecule is c1cc2c(N3CCOCC3CN3CCOCC3)n[nH]c2cn1. The molecule has 7 heteroatoms. The highest BCUT2D eigenvalue weighted by Gasteiger charge is 2.28. The second-order valence-electron chi connectivity index (χ2n) is 5.80. The Bertz CT molecular complexity index is 625. The summed E-state index contributed by atoms with van der Waals surface area (Å²) in [4.78, 5) is 8.97. The molecule has 0 spiro atoms. The van der Waals surface area contributed by atoms with Gasteiger partial charge < -0.3 is 14.4 Å². The summed E-state index contributed by atoms with van der Waals surface area (Å²) in [7, 11) is 0. The lowest BCUT2D eigenvalue weighted by Crippen LogP contribution is -2.53. The maximum Gasteiger partial charge on any atom is 0.158 e. The molecule has 2 aliphatic rings. The molecule has 2 aromatic heterocycles. The molecule has 2 aromatic rings. The average Bonchev–Trinajstić information content (AvgIpc) is 3.00. The number of hydrogen-bond donors (Lipinski definition) is 1. The molecule has 22 heavy (non-hydrogen) atoms. The van der Waals surface area contributed by atoms with Gasteiger partial charge in [0.1, 0.15) is 0 Å². The topological polar surface area (TPSA) is 66.5 Å². The fourth-order valence-electron chi connectivity index (χ4n) is 3.24. The van der Waals surface area contributed by atoms with Crippen molar-refractivity contribution in [2.45, 2.75) is 6.04 Å². The van der Waals surface area contributed by atoms with E-state index in [1.807, 2.05) is 18.5 Å². The second kappa shape index (κ2) is 6.20. The standard InChI is InChI=1S/C15H21N5O2/c1-2-16-9-14-13(1)15(18-17-14)20-5-8-22-11-12(20)10-19-3-6-21-7-4-19/h1-2,9,12H,3-8,10-11H2,(H,17,18). The molecule has 1 atom stereocenters. The van der Waals surface area contributed by atoms with Gasteiger partial charge in [-0.25, -0.2) is 0 Å². The van der Waals surface area contributed by atoms with E-state index in [0.29, 0.717) is 6.04 Å². The third-order valence-electron chi connectivity index (χ3n) is 4.42. The lowest BCUT2D eigenvalue weighted by Gasteiger charge is -2.39. The molecule has 0 aromatic carbocycles. The molecule has 0 bridgehead atoms. The Hall–Kier alpha value is -1.70. The lowest BCUT2D eigenvalue weighted by molar-refractivity contribution is 0.0210. The van der Waals surface area contributed by atoms with Crippen molar-refractivity contribution in [1.82, 2.24) is 20.1 Å². The molecule has 1 N–H and O–H groups in total. The van der Waals surface area contributed by atoms with E-state index in [0.717, 1.165) is 69.3 Å². The zero-order valence-corrected chi connectivity index (χ0v) is 12.6. The van der Waals surface area contributed by atoms with Gasteiger partial charge in [0.05, 0.1) is 44.2 Å². The lowest BCUT2D eigenvalue weighted by atomic mass is 10.2. The van der Waals surface area contributed by atoms with Crippen LogP contribution in [0.1, 0.15) is 0 Å². The van der Waals surface area contributed by atoms with Gasteiger partial charge in [-0.05, 0) is 6.07 Å². The van der Waals surface area contributed by atoms with Crippen molar-refractivity contribution in [3.05, 3.63) is 18.5 Å². The first-order chi connectivity index (χ1) is 10.9. The van der Waals surface area contributed by atoms with Gasteiger partial charge in [-0.1, -0.05) is 0 Å². The van der Waals surface area contributed by atoms with Gasteiger partial charge >= 0.3 is 0 Å². The van der Waals surface area contributed by atoms with Crippen LogP contribution >= 0.6 is 0 Å². The van der Waals surface area contributed by atoms with Crippen LogP contribution in [0.5, 0.6) is 0 Å². The summed E-state index contributed by atoms with van der Waals surface area (Å²) in [5.41, 5.74) is 0.981. The van der Waals surface area contributed by atoms with E-state index in [9.17, 15) is 0 Å². The van der Waals surface area contributed by atoms with Crippen molar-refractivity contribution in [3.8, 4) is 0 Å². The minimum atomic E-state index is 0.325. The highest BCUT2D eigenvalue weighted by atomic mass is 16.5. The molecule has 2 fully saturated rings. The van der Waals surface area contributed by atoms with E-state index in [-0.39, 0.29) is 0 Å².